The van der Waals surface area contributed by atoms with Crippen molar-refractivity contribution in [3.63, 3.8) is 0 Å². The van der Waals surface area contributed by atoms with Crippen LogP contribution >= 0.6 is 0 Å². The van der Waals surface area contributed by atoms with Crippen LogP contribution in [0.15, 0.2) is 59.8 Å². The molecule has 206 valence electrons. The molecule has 0 radical (unpaired) electrons. The first kappa shape index (κ1) is 26.9. The van der Waals surface area contributed by atoms with Crippen LogP contribution in [0.3, 0.4) is 0 Å². The van der Waals surface area contributed by atoms with Gasteiger partial charge in [-0.25, -0.2) is 19.7 Å². The maximum atomic E-state index is 13.3. The minimum absolute atomic E-state index is 0.198. The smallest absolute Gasteiger partial charge is 0.281 e. The molecule has 1 amide bonds. The Hall–Kier alpha value is -3.73. The second kappa shape index (κ2) is 10.4. The van der Waals surface area contributed by atoms with Gasteiger partial charge >= 0.3 is 0 Å². The number of piperazine rings is 1. The minimum Gasteiger partial charge on any atom is -0.353 e. The van der Waals surface area contributed by atoms with E-state index in [1.807, 2.05) is 30.0 Å². The summed E-state index contributed by atoms with van der Waals surface area (Å²) in [6.07, 6.45) is 2.59. The number of amides is 1. The fourth-order valence-electron chi connectivity index (χ4n) is 5.23. The number of nitrogens with one attached hydrogen (secondary N) is 1. The van der Waals surface area contributed by atoms with Crippen molar-refractivity contribution in [1.29, 1.82) is 0 Å². The van der Waals surface area contributed by atoms with E-state index in [-0.39, 0.29) is 16.1 Å². The SMILES string of the molecule is Cc1cccc(N2CCN(c3cccc(S(=O)(=O)NC(=O)c4cccnc4N4CCC(C)C4(C)C)n3)CC2)n1. The van der Waals surface area contributed by atoms with Gasteiger partial charge in [0.1, 0.15) is 17.5 Å². The molecule has 2 aliphatic heterocycles. The Kier molecular flexibility index (Phi) is 7.19. The van der Waals surface area contributed by atoms with Crippen LogP contribution in [-0.4, -0.2) is 67.5 Å². The number of hydrogen-bond donors (Lipinski definition) is 1. The van der Waals surface area contributed by atoms with Crippen molar-refractivity contribution in [3.05, 3.63) is 66.0 Å². The van der Waals surface area contributed by atoms with Gasteiger partial charge in [0.05, 0.1) is 5.56 Å². The van der Waals surface area contributed by atoms with Gasteiger partial charge in [0.2, 0.25) is 0 Å². The number of pyridine rings is 3. The largest absolute Gasteiger partial charge is 0.353 e. The van der Waals surface area contributed by atoms with E-state index in [0.29, 0.717) is 30.6 Å². The van der Waals surface area contributed by atoms with Crippen LogP contribution in [0.4, 0.5) is 17.5 Å². The molecule has 10 nitrogen and oxygen atoms in total. The Balaban J connectivity index is 1.31. The number of rotatable bonds is 6. The van der Waals surface area contributed by atoms with Crippen LogP contribution in [0.2, 0.25) is 0 Å². The van der Waals surface area contributed by atoms with Gasteiger partial charge in [-0.2, -0.15) is 8.42 Å². The summed E-state index contributed by atoms with van der Waals surface area (Å²) >= 11 is 0. The maximum absolute atomic E-state index is 13.3. The molecule has 0 saturated carbocycles. The van der Waals surface area contributed by atoms with E-state index in [9.17, 15) is 13.2 Å². The molecule has 1 unspecified atom stereocenters. The van der Waals surface area contributed by atoms with Gasteiger partial charge in [-0.1, -0.05) is 19.1 Å². The highest BCUT2D eigenvalue weighted by molar-refractivity contribution is 7.90. The molecule has 3 aromatic heterocycles. The molecule has 2 aliphatic rings. The van der Waals surface area contributed by atoms with Gasteiger partial charge in [0, 0.05) is 50.2 Å². The number of anilines is 3. The monoisotopic (exact) mass is 549 g/mol. The highest BCUT2D eigenvalue weighted by Gasteiger charge is 2.40. The molecule has 0 spiro atoms. The average molecular weight is 550 g/mol. The Labute approximate surface area is 230 Å². The van der Waals surface area contributed by atoms with Gasteiger partial charge in [0.25, 0.3) is 15.9 Å². The van der Waals surface area contributed by atoms with Gasteiger partial charge in [-0.15, -0.1) is 0 Å². The van der Waals surface area contributed by atoms with E-state index in [4.69, 9.17) is 0 Å². The van der Waals surface area contributed by atoms with Crippen LogP contribution in [0.25, 0.3) is 0 Å². The van der Waals surface area contributed by atoms with E-state index < -0.39 is 15.9 Å². The maximum Gasteiger partial charge on any atom is 0.281 e. The summed E-state index contributed by atoms with van der Waals surface area (Å²) in [6.45, 7) is 11.9. The van der Waals surface area contributed by atoms with Gasteiger partial charge < -0.3 is 14.7 Å². The lowest BCUT2D eigenvalue weighted by atomic mass is 9.90. The molecule has 0 bridgehead atoms. The molecule has 5 rings (SSSR count). The lowest BCUT2D eigenvalue weighted by molar-refractivity contribution is 0.0981. The molecule has 39 heavy (non-hydrogen) atoms. The third kappa shape index (κ3) is 5.40. The van der Waals surface area contributed by atoms with Gasteiger partial charge in [-0.3, -0.25) is 4.79 Å². The lowest BCUT2D eigenvalue weighted by Crippen LogP contribution is -2.47. The zero-order valence-corrected chi connectivity index (χ0v) is 23.6. The summed E-state index contributed by atoms with van der Waals surface area (Å²) in [6, 6.07) is 14.1. The molecular formula is C28H35N7O3S. The second-order valence-corrected chi connectivity index (χ2v) is 12.4. The van der Waals surface area contributed by atoms with Crippen LogP contribution in [-0.2, 0) is 10.0 Å². The predicted octanol–water partition coefficient (Wildman–Crippen LogP) is 3.25. The van der Waals surface area contributed by atoms with Crippen molar-refractivity contribution >= 4 is 33.4 Å². The number of aryl methyl sites for hydroxylation is 1. The standard InChI is InChI=1S/C28H35N7O3S/c1-20-13-15-35(28(20,3)4)26-22(9-7-14-29-26)27(36)32-39(37,38)25-12-6-11-24(31-25)34-18-16-33(17-19-34)23-10-5-8-21(2)30-23/h5-12,14,20H,13,15-19H2,1-4H3,(H,32,36). The number of hydrogen-bond acceptors (Lipinski definition) is 9. The van der Waals surface area contributed by atoms with Crippen molar-refractivity contribution in [2.24, 2.45) is 5.92 Å². The zero-order chi connectivity index (χ0) is 27.8. The Morgan fingerprint density at radius 1 is 0.923 bits per heavy atom. The number of carbonyl (C=O) groups is 1. The fourth-order valence-corrected chi connectivity index (χ4v) is 6.16. The highest BCUT2D eigenvalue weighted by Crippen LogP contribution is 2.38. The van der Waals surface area contributed by atoms with E-state index in [1.54, 1.807) is 30.5 Å². The van der Waals surface area contributed by atoms with Crippen LogP contribution in [0.5, 0.6) is 0 Å². The zero-order valence-electron chi connectivity index (χ0n) is 22.8. The summed E-state index contributed by atoms with van der Waals surface area (Å²) in [5.41, 5.74) is 0.978. The fraction of sp³-hybridized carbons (Fsp3) is 0.429. The topological polar surface area (TPSA) is 112 Å². The van der Waals surface area contributed by atoms with Crippen LogP contribution in [0, 0.1) is 12.8 Å². The van der Waals surface area contributed by atoms with Crippen LogP contribution < -0.4 is 19.4 Å². The van der Waals surface area contributed by atoms with E-state index in [0.717, 1.165) is 37.6 Å². The van der Waals surface area contributed by atoms with Gasteiger partial charge in [0.15, 0.2) is 5.03 Å². The first-order chi connectivity index (χ1) is 18.6. The molecule has 3 aromatic rings. The number of carbonyl (C=O) groups excluding carboxylic acids is 1. The molecule has 0 aliphatic carbocycles. The molecule has 2 saturated heterocycles. The summed E-state index contributed by atoms with van der Waals surface area (Å²) < 4.78 is 28.8. The van der Waals surface area contributed by atoms with E-state index in [1.165, 1.54) is 6.07 Å². The minimum atomic E-state index is -4.21. The predicted molar refractivity (Wildman–Crippen MR) is 152 cm³/mol. The lowest BCUT2D eigenvalue weighted by Gasteiger charge is -2.36. The molecular weight excluding hydrogens is 514 g/mol. The summed E-state index contributed by atoms with van der Waals surface area (Å²) in [5, 5.41) is -0.198. The summed E-state index contributed by atoms with van der Waals surface area (Å²) in [5.74, 6) is 1.66. The van der Waals surface area contributed by atoms with Crippen molar-refractivity contribution in [3.8, 4) is 0 Å². The number of aromatic nitrogens is 3. The van der Waals surface area contributed by atoms with Crippen molar-refractivity contribution in [1.82, 2.24) is 19.7 Å². The normalized spacial score (nSPS) is 19.3. The van der Waals surface area contributed by atoms with Crippen LogP contribution in [0.1, 0.15) is 43.2 Å². The number of nitrogens with zero attached hydrogens (tertiary/aromatic N) is 6. The number of sulfonamides is 1. The Morgan fingerprint density at radius 2 is 1.56 bits per heavy atom. The first-order valence-corrected chi connectivity index (χ1v) is 14.7. The van der Waals surface area contributed by atoms with E-state index >= 15 is 0 Å². The van der Waals surface area contributed by atoms with Gasteiger partial charge in [-0.05, 0) is 69.5 Å². The molecule has 11 heteroatoms. The summed E-state index contributed by atoms with van der Waals surface area (Å²) in [7, 11) is -4.21. The van der Waals surface area contributed by atoms with Crippen molar-refractivity contribution in [2.75, 3.05) is 47.4 Å². The first-order valence-electron chi connectivity index (χ1n) is 13.3. The summed E-state index contributed by atoms with van der Waals surface area (Å²) in [4.78, 5) is 33.1. The Morgan fingerprint density at radius 3 is 2.18 bits per heavy atom. The molecule has 5 heterocycles. The highest BCUT2D eigenvalue weighted by atomic mass is 32.2. The third-order valence-corrected chi connectivity index (χ3v) is 9.22. The molecule has 1 N–H and O–H groups in total. The molecule has 2 fully saturated rings. The Bertz CT molecular complexity index is 1470. The average Bonchev–Trinajstić information content (AvgIpc) is 3.20. The second-order valence-electron chi connectivity index (χ2n) is 10.7. The third-order valence-electron chi connectivity index (χ3n) is 7.99. The molecule has 1 atom stereocenters. The van der Waals surface area contributed by atoms with E-state index in [2.05, 4.69) is 50.2 Å². The van der Waals surface area contributed by atoms with Crippen molar-refractivity contribution < 1.29 is 13.2 Å². The van der Waals surface area contributed by atoms with Crippen molar-refractivity contribution in [2.45, 2.75) is 44.7 Å². The molecule has 0 aromatic carbocycles. The quantitative estimate of drug-likeness (QED) is 0.495.